The topological polar surface area (TPSA) is 27.0 Å². The minimum Gasteiger partial charge on any atom is -0.301 e. The second kappa shape index (κ2) is 7.12. The summed E-state index contributed by atoms with van der Waals surface area (Å²) < 4.78 is 0. The molecule has 0 aromatic rings. The number of likely N-dealkylation sites (tertiary alicyclic amines) is 1. The Kier molecular flexibility index (Phi) is 6.79. The predicted octanol–water partition coefficient (Wildman–Crippen LogP) is 2.41. The van der Waals surface area contributed by atoms with Gasteiger partial charge in [0.25, 0.3) is 0 Å². The molecule has 2 heteroatoms. The van der Waals surface area contributed by atoms with Gasteiger partial charge in [0.1, 0.15) is 0 Å². The van der Waals surface area contributed by atoms with Crippen molar-refractivity contribution in [1.82, 2.24) is 4.90 Å². The minimum absolute atomic E-state index is 0.769. The molecule has 0 amide bonds. The van der Waals surface area contributed by atoms with Crippen LogP contribution in [0.1, 0.15) is 40.0 Å². The van der Waals surface area contributed by atoms with E-state index in [0.717, 1.165) is 6.04 Å². The first-order valence-electron chi connectivity index (χ1n) is 4.77. The Hall–Kier alpha value is -0.550. The molecule has 1 aliphatic rings. The first-order valence-corrected chi connectivity index (χ1v) is 4.77. The van der Waals surface area contributed by atoms with Gasteiger partial charge in [-0.25, -0.2) is 0 Å². The lowest BCUT2D eigenvalue weighted by Gasteiger charge is -2.29. The van der Waals surface area contributed by atoms with Gasteiger partial charge < -0.3 is 4.90 Å². The Morgan fingerprint density at radius 1 is 1.17 bits per heavy atom. The molecule has 0 aromatic heterocycles. The Morgan fingerprint density at radius 3 is 1.83 bits per heavy atom. The Bertz CT molecular complexity index is 129. The van der Waals surface area contributed by atoms with Crippen LogP contribution in [0.5, 0.6) is 0 Å². The summed E-state index contributed by atoms with van der Waals surface area (Å²) in [5.74, 6) is 0. The molecule has 1 aliphatic heterocycles. The van der Waals surface area contributed by atoms with Crippen LogP contribution in [-0.4, -0.2) is 24.0 Å². The van der Waals surface area contributed by atoms with Crippen molar-refractivity contribution in [3.8, 4) is 6.07 Å². The monoisotopic (exact) mass is 168 g/mol. The van der Waals surface area contributed by atoms with E-state index in [4.69, 9.17) is 5.26 Å². The van der Waals surface area contributed by atoms with Crippen LogP contribution >= 0.6 is 0 Å². The molecule has 0 radical (unpaired) electrons. The Balaban J connectivity index is 0.000000354. The van der Waals surface area contributed by atoms with Crippen molar-refractivity contribution in [1.29, 1.82) is 5.26 Å². The molecule has 0 aromatic carbocycles. The van der Waals surface area contributed by atoms with Crippen LogP contribution in [0.4, 0.5) is 0 Å². The van der Waals surface area contributed by atoms with Gasteiger partial charge in [-0.3, -0.25) is 0 Å². The second-order valence-electron chi connectivity index (χ2n) is 3.41. The molecule has 0 spiro atoms. The molecule has 0 atom stereocenters. The van der Waals surface area contributed by atoms with Gasteiger partial charge in [-0.1, -0.05) is 6.42 Å². The van der Waals surface area contributed by atoms with E-state index < -0.39 is 0 Å². The van der Waals surface area contributed by atoms with E-state index >= 15 is 0 Å². The van der Waals surface area contributed by atoms with E-state index in [0.29, 0.717) is 0 Å². The summed E-state index contributed by atoms with van der Waals surface area (Å²) in [5, 5.41) is 7.32. The van der Waals surface area contributed by atoms with Crippen molar-refractivity contribution >= 4 is 0 Å². The Morgan fingerprint density at radius 2 is 1.58 bits per heavy atom. The van der Waals surface area contributed by atoms with E-state index in [1.54, 1.807) is 6.07 Å². The number of piperidine rings is 1. The standard InChI is InChI=1S/C8H17N.C2H3N/c1-8(2)9-6-4-3-5-7-9;1-2-3/h8H,3-7H2,1-2H3;1H3. The van der Waals surface area contributed by atoms with Crippen molar-refractivity contribution in [3.63, 3.8) is 0 Å². The van der Waals surface area contributed by atoms with E-state index in [-0.39, 0.29) is 0 Å². The van der Waals surface area contributed by atoms with Crippen molar-refractivity contribution in [2.24, 2.45) is 0 Å². The van der Waals surface area contributed by atoms with Gasteiger partial charge in [0, 0.05) is 13.0 Å². The molecule has 0 unspecified atom stereocenters. The highest BCUT2D eigenvalue weighted by Crippen LogP contribution is 2.10. The molecule has 12 heavy (non-hydrogen) atoms. The van der Waals surface area contributed by atoms with Crippen molar-refractivity contribution in [2.75, 3.05) is 13.1 Å². The molecule has 0 bridgehead atoms. The summed E-state index contributed by atoms with van der Waals surface area (Å²) in [6.45, 7) is 8.66. The lowest BCUT2D eigenvalue weighted by Crippen LogP contribution is -2.35. The van der Waals surface area contributed by atoms with Gasteiger partial charge in [0.05, 0.1) is 6.07 Å². The number of hydrogen-bond donors (Lipinski definition) is 0. The quantitative estimate of drug-likeness (QED) is 0.601. The van der Waals surface area contributed by atoms with Crippen molar-refractivity contribution < 1.29 is 0 Å². The van der Waals surface area contributed by atoms with E-state index in [2.05, 4.69) is 18.7 Å². The van der Waals surface area contributed by atoms with Gasteiger partial charge in [-0.2, -0.15) is 5.26 Å². The summed E-state index contributed by atoms with van der Waals surface area (Å²) in [6, 6.07) is 2.52. The first kappa shape index (κ1) is 11.4. The zero-order valence-corrected chi connectivity index (χ0v) is 8.51. The molecule has 70 valence electrons. The fourth-order valence-corrected chi connectivity index (χ4v) is 1.43. The normalized spacial score (nSPS) is 17.9. The van der Waals surface area contributed by atoms with Crippen LogP contribution in [0.15, 0.2) is 0 Å². The number of nitrogens with zero attached hydrogens (tertiary/aromatic N) is 2. The second-order valence-corrected chi connectivity index (χ2v) is 3.41. The zero-order chi connectivity index (χ0) is 9.40. The van der Waals surface area contributed by atoms with Crippen LogP contribution in [0.2, 0.25) is 0 Å². The molecule has 2 nitrogen and oxygen atoms in total. The van der Waals surface area contributed by atoms with E-state index in [1.807, 2.05) is 0 Å². The van der Waals surface area contributed by atoms with Gasteiger partial charge >= 0.3 is 0 Å². The molecule has 1 heterocycles. The number of nitriles is 1. The number of hydrogen-bond acceptors (Lipinski definition) is 2. The fourth-order valence-electron chi connectivity index (χ4n) is 1.43. The molecular formula is C10H20N2. The highest BCUT2D eigenvalue weighted by molar-refractivity contribution is 4.67. The molecule has 0 saturated carbocycles. The molecule has 0 aliphatic carbocycles. The van der Waals surface area contributed by atoms with Crippen molar-refractivity contribution in [3.05, 3.63) is 0 Å². The summed E-state index contributed by atoms with van der Waals surface area (Å²) >= 11 is 0. The van der Waals surface area contributed by atoms with Gasteiger partial charge in [-0.15, -0.1) is 0 Å². The largest absolute Gasteiger partial charge is 0.301 e. The minimum atomic E-state index is 0.769. The zero-order valence-electron chi connectivity index (χ0n) is 8.51. The van der Waals surface area contributed by atoms with Crippen LogP contribution < -0.4 is 0 Å². The Labute approximate surface area is 76.2 Å². The molecule has 1 saturated heterocycles. The fraction of sp³-hybridized carbons (Fsp3) is 0.900. The molecule has 1 fully saturated rings. The summed E-state index contributed by atoms with van der Waals surface area (Å²) in [7, 11) is 0. The number of rotatable bonds is 1. The maximum Gasteiger partial charge on any atom is 0.0587 e. The molecular weight excluding hydrogens is 148 g/mol. The molecule has 1 rings (SSSR count). The lowest BCUT2D eigenvalue weighted by atomic mass is 10.1. The van der Waals surface area contributed by atoms with Gasteiger partial charge in [-0.05, 0) is 39.8 Å². The highest BCUT2D eigenvalue weighted by Gasteiger charge is 2.11. The lowest BCUT2D eigenvalue weighted by molar-refractivity contribution is 0.185. The smallest absolute Gasteiger partial charge is 0.0587 e. The van der Waals surface area contributed by atoms with Crippen molar-refractivity contribution in [2.45, 2.75) is 46.1 Å². The van der Waals surface area contributed by atoms with Crippen LogP contribution in [0, 0.1) is 11.3 Å². The van der Waals surface area contributed by atoms with Crippen LogP contribution in [0.25, 0.3) is 0 Å². The van der Waals surface area contributed by atoms with Gasteiger partial charge in [0.2, 0.25) is 0 Å². The average Bonchev–Trinajstić information content (AvgIpc) is 2.07. The average molecular weight is 168 g/mol. The van der Waals surface area contributed by atoms with Crippen LogP contribution in [-0.2, 0) is 0 Å². The SMILES string of the molecule is CC#N.CC(C)N1CCCCC1. The predicted molar refractivity (Wildman–Crippen MR) is 51.8 cm³/mol. The first-order chi connectivity index (χ1) is 5.72. The summed E-state index contributed by atoms with van der Waals surface area (Å²) in [5.41, 5.74) is 0. The van der Waals surface area contributed by atoms with Gasteiger partial charge in [0.15, 0.2) is 0 Å². The third-order valence-corrected chi connectivity index (χ3v) is 2.12. The van der Waals surface area contributed by atoms with E-state index in [1.165, 1.54) is 39.3 Å². The third-order valence-electron chi connectivity index (χ3n) is 2.12. The maximum absolute atomic E-state index is 7.32. The summed E-state index contributed by atoms with van der Waals surface area (Å²) in [6.07, 6.45) is 4.28. The third kappa shape index (κ3) is 5.15. The maximum atomic E-state index is 7.32. The summed E-state index contributed by atoms with van der Waals surface area (Å²) in [4.78, 5) is 2.56. The van der Waals surface area contributed by atoms with Crippen LogP contribution in [0.3, 0.4) is 0 Å². The molecule has 0 N–H and O–H groups in total. The van der Waals surface area contributed by atoms with E-state index in [9.17, 15) is 0 Å². The highest BCUT2D eigenvalue weighted by atomic mass is 15.1.